The van der Waals surface area contributed by atoms with Crippen molar-refractivity contribution in [2.45, 2.75) is 32.9 Å². The highest BCUT2D eigenvalue weighted by Crippen LogP contribution is 2.19. The zero-order chi connectivity index (χ0) is 15.1. The van der Waals surface area contributed by atoms with Crippen molar-refractivity contribution < 1.29 is 0 Å². The Bertz CT molecular complexity index is 518. The Balaban J connectivity index is 2.12. The second-order valence-electron chi connectivity index (χ2n) is 5.19. The molecule has 0 radical (unpaired) electrons. The average Bonchev–Trinajstić information content (AvgIpc) is 2.55. The molecular formula is C18H25N3. The molecule has 3 heteroatoms. The van der Waals surface area contributed by atoms with Crippen LogP contribution in [0.5, 0.6) is 0 Å². The molecule has 2 rings (SSSR count). The number of hydrogen-bond acceptors (Lipinski definition) is 3. The fourth-order valence-electron chi connectivity index (χ4n) is 2.54. The minimum Gasteiger partial charge on any atom is -0.366 e. The van der Waals surface area contributed by atoms with E-state index in [0.717, 1.165) is 25.2 Å². The summed E-state index contributed by atoms with van der Waals surface area (Å²) in [5, 5.41) is 3.29. The van der Waals surface area contributed by atoms with Crippen molar-refractivity contribution in [1.82, 2.24) is 10.3 Å². The van der Waals surface area contributed by atoms with Crippen LogP contribution in [0, 0.1) is 0 Å². The molecule has 2 aromatic rings. The van der Waals surface area contributed by atoms with E-state index in [-0.39, 0.29) is 0 Å². The molecule has 1 N–H and O–H groups in total. The molecule has 0 fully saturated rings. The van der Waals surface area contributed by atoms with Crippen LogP contribution in [0.25, 0.3) is 0 Å². The molecule has 0 aliphatic rings. The highest BCUT2D eigenvalue weighted by Gasteiger charge is 2.10. The zero-order valence-corrected chi connectivity index (χ0v) is 13.2. The summed E-state index contributed by atoms with van der Waals surface area (Å²) in [4.78, 5) is 6.97. The maximum absolute atomic E-state index is 4.63. The van der Waals surface area contributed by atoms with Crippen molar-refractivity contribution in [2.24, 2.45) is 0 Å². The molecule has 3 nitrogen and oxygen atoms in total. The Morgan fingerprint density at radius 1 is 1.10 bits per heavy atom. The van der Waals surface area contributed by atoms with Gasteiger partial charge in [0.2, 0.25) is 0 Å². The third-order valence-corrected chi connectivity index (χ3v) is 3.85. The van der Waals surface area contributed by atoms with Gasteiger partial charge in [-0.05, 0) is 38.1 Å². The first-order chi connectivity index (χ1) is 10.3. The number of rotatable bonds is 7. The molecule has 1 atom stereocenters. The highest BCUT2D eigenvalue weighted by atomic mass is 15.1. The van der Waals surface area contributed by atoms with E-state index in [1.807, 2.05) is 13.2 Å². The van der Waals surface area contributed by atoms with Crippen molar-refractivity contribution in [1.29, 1.82) is 0 Å². The Hall–Kier alpha value is -1.87. The van der Waals surface area contributed by atoms with Gasteiger partial charge in [0.1, 0.15) is 0 Å². The standard InChI is InChI=1S/C18H25N3/c1-4-17(19-3)18-12-11-16(13-20-18)21(5-2)14-15-9-7-6-8-10-15/h6-13,17,19H,4-5,14H2,1-3H3. The predicted octanol–water partition coefficient (Wildman–Crippen LogP) is 3.78. The zero-order valence-electron chi connectivity index (χ0n) is 13.2. The van der Waals surface area contributed by atoms with Crippen molar-refractivity contribution in [3.8, 4) is 0 Å². The number of benzene rings is 1. The van der Waals surface area contributed by atoms with Gasteiger partial charge in [-0.1, -0.05) is 37.3 Å². The molecule has 0 saturated carbocycles. The monoisotopic (exact) mass is 283 g/mol. The number of hydrogen-bond donors (Lipinski definition) is 1. The van der Waals surface area contributed by atoms with E-state index in [2.05, 4.69) is 71.5 Å². The molecule has 0 aliphatic carbocycles. The van der Waals surface area contributed by atoms with Gasteiger partial charge in [0.25, 0.3) is 0 Å². The SMILES string of the molecule is CCC(NC)c1ccc(N(CC)Cc2ccccc2)cn1. The van der Waals surface area contributed by atoms with E-state index in [1.54, 1.807) is 0 Å². The van der Waals surface area contributed by atoms with Crippen LogP contribution < -0.4 is 10.2 Å². The van der Waals surface area contributed by atoms with Crippen molar-refractivity contribution in [2.75, 3.05) is 18.5 Å². The third-order valence-electron chi connectivity index (χ3n) is 3.85. The molecule has 1 aromatic heterocycles. The van der Waals surface area contributed by atoms with Gasteiger partial charge in [0.05, 0.1) is 17.6 Å². The molecule has 0 amide bonds. The molecule has 1 aromatic carbocycles. The van der Waals surface area contributed by atoms with Gasteiger partial charge < -0.3 is 10.2 Å². The lowest BCUT2D eigenvalue weighted by molar-refractivity contribution is 0.561. The summed E-state index contributed by atoms with van der Waals surface area (Å²) in [6.07, 6.45) is 3.03. The highest BCUT2D eigenvalue weighted by molar-refractivity contribution is 5.45. The van der Waals surface area contributed by atoms with Crippen LogP contribution in [0.1, 0.15) is 37.6 Å². The third kappa shape index (κ3) is 4.05. The molecule has 112 valence electrons. The lowest BCUT2D eigenvalue weighted by Gasteiger charge is -2.23. The summed E-state index contributed by atoms with van der Waals surface area (Å²) < 4.78 is 0. The molecule has 0 aliphatic heterocycles. The summed E-state index contributed by atoms with van der Waals surface area (Å²) in [5.41, 5.74) is 3.61. The van der Waals surface area contributed by atoms with Gasteiger partial charge in [0, 0.05) is 19.1 Å². The number of anilines is 1. The van der Waals surface area contributed by atoms with Gasteiger partial charge >= 0.3 is 0 Å². The van der Waals surface area contributed by atoms with E-state index >= 15 is 0 Å². The van der Waals surface area contributed by atoms with Crippen LogP contribution in [-0.4, -0.2) is 18.6 Å². The topological polar surface area (TPSA) is 28.2 Å². The molecule has 21 heavy (non-hydrogen) atoms. The van der Waals surface area contributed by atoms with Crippen LogP contribution in [0.4, 0.5) is 5.69 Å². The molecule has 1 heterocycles. The quantitative estimate of drug-likeness (QED) is 0.838. The molecular weight excluding hydrogens is 258 g/mol. The van der Waals surface area contributed by atoms with E-state index in [9.17, 15) is 0 Å². The van der Waals surface area contributed by atoms with E-state index in [4.69, 9.17) is 0 Å². The number of nitrogens with zero attached hydrogens (tertiary/aromatic N) is 2. The van der Waals surface area contributed by atoms with Crippen LogP contribution in [-0.2, 0) is 6.54 Å². The first-order valence-corrected chi connectivity index (χ1v) is 7.70. The number of aromatic nitrogens is 1. The lowest BCUT2D eigenvalue weighted by atomic mass is 10.1. The molecule has 0 saturated heterocycles. The van der Waals surface area contributed by atoms with Gasteiger partial charge in [-0.3, -0.25) is 4.98 Å². The predicted molar refractivity (Wildman–Crippen MR) is 89.5 cm³/mol. The first-order valence-electron chi connectivity index (χ1n) is 7.70. The van der Waals surface area contributed by atoms with Crippen molar-refractivity contribution in [3.63, 3.8) is 0 Å². The van der Waals surface area contributed by atoms with Gasteiger partial charge in [-0.2, -0.15) is 0 Å². The summed E-state index contributed by atoms with van der Waals surface area (Å²) >= 11 is 0. The molecule has 0 spiro atoms. The maximum atomic E-state index is 4.63. The minimum absolute atomic E-state index is 0.336. The lowest BCUT2D eigenvalue weighted by Crippen LogP contribution is -2.22. The fourth-order valence-corrected chi connectivity index (χ4v) is 2.54. The summed E-state index contributed by atoms with van der Waals surface area (Å²) in [6.45, 7) is 6.24. The smallest absolute Gasteiger partial charge is 0.0574 e. The summed E-state index contributed by atoms with van der Waals surface area (Å²) in [7, 11) is 1.98. The normalized spacial score (nSPS) is 12.1. The first kappa shape index (κ1) is 15.5. The van der Waals surface area contributed by atoms with Crippen LogP contribution in [0.15, 0.2) is 48.7 Å². The Morgan fingerprint density at radius 3 is 2.38 bits per heavy atom. The Kier molecular flexibility index (Phi) is 5.76. The van der Waals surface area contributed by atoms with Gasteiger partial charge in [0.15, 0.2) is 0 Å². The Labute approximate surface area is 128 Å². The largest absolute Gasteiger partial charge is 0.366 e. The second kappa shape index (κ2) is 7.79. The average molecular weight is 283 g/mol. The number of pyridine rings is 1. The summed E-state index contributed by atoms with van der Waals surface area (Å²) in [5.74, 6) is 0. The van der Waals surface area contributed by atoms with Crippen LogP contribution in [0.3, 0.4) is 0 Å². The summed E-state index contributed by atoms with van der Waals surface area (Å²) in [6, 6.07) is 15.2. The minimum atomic E-state index is 0.336. The van der Waals surface area contributed by atoms with Crippen LogP contribution >= 0.6 is 0 Å². The molecule has 0 bridgehead atoms. The number of nitrogens with one attached hydrogen (secondary N) is 1. The second-order valence-corrected chi connectivity index (χ2v) is 5.19. The maximum Gasteiger partial charge on any atom is 0.0574 e. The van der Waals surface area contributed by atoms with E-state index < -0.39 is 0 Å². The molecule has 1 unspecified atom stereocenters. The van der Waals surface area contributed by atoms with Crippen molar-refractivity contribution in [3.05, 3.63) is 59.9 Å². The Morgan fingerprint density at radius 2 is 1.86 bits per heavy atom. The van der Waals surface area contributed by atoms with Gasteiger partial charge in [-0.25, -0.2) is 0 Å². The van der Waals surface area contributed by atoms with Gasteiger partial charge in [-0.15, -0.1) is 0 Å². The van der Waals surface area contributed by atoms with E-state index in [1.165, 1.54) is 11.3 Å². The van der Waals surface area contributed by atoms with E-state index in [0.29, 0.717) is 6.04 Å². The van der Waals surface area contributed by atoms with Crippen LogP contribution in [0.2, 0.25) is 0 Å². The van der Waals surface area contributed by atoms with Crippen molar-refractivity contribution >= 4 is 5.69 Å². The fraction of sp³-hybridized carbons (Fsp3) is 0.389.